The van der Waals surface area contributed by atoms with E-state index in [2.05, 4.69) is 4.98 Å². The molecule has 9 heteroatoms. The van der Waals surface area contributed by atoms with Crippen LogP contribution >= 0.6 is 11.6 Å². The maximum Gasteiger partial charge on any atom is 0.422 e. The number of aryl methyl sites for hydroxylation is 2. The highest BCUT2D eigenvalue weighted by molar-refractivity contribution is 6.30. The van der Waals surface area contributed by atoms with E-state index in [1.54, 1.807) is 30.3 Å². The summed E-state index contributed by atoms with van der Waals surface area (Å²) in [6.45, 7) is 0.286. The Hall–Kier alpha value is -2.74. The zero-order chi connectivity index (χ0) is 20.6. The van der Waals surface area contributed by atoms with E-state index in [0.717, 1.165) is 5.56 Å². The summed E-state index contributed by atoms with van der Waals surface area (Å²) in [4.78, 5) is 16.2. The molecule has 3 rings (SSSR count). The first-order valence-electron chi connectivity index (χ1n) is 8.33. The van der Waals surface area contributed by atoms with Gasteiger partial charge in [-0.15, -0.1) is 0 Å². The molecule has 0 amide bonds. The molecule has 3 aromatic rings. The summed E-state index contributed by atoms with van der Waals surface area (Å²) in [7, 11) is 1.43. The fourth-order valence-corrected chi connectivity index (χ4v) is 3.16. The van der Waals surface area contributed by atoms with Gasteiger partial charge in [0.25, 0.3) is 0 Å². The number of hydrogen-bond acceptors (Lipinski definition) is 3. The Morgan fingerprint density at radius 1 is 1.29 bits per heavy atom. The molecule has 0 bridgehead atoms. The molecular formula is C19H16ClF3N2O3. The van der Waals surface area contributed by atoms with Crippen LogP contribution in [0.5, 0.6) is 5.75 Å². The summed E-state index contributed by atoms with van der Waals surface area (Å²) in [6, 6.07) is 8.52. The number of halogens is 4. The number of alkyl halides is 3. The number of carboxylic acids is 1. The molecule has 0 aliphatic heterocycles. The van der Waals surface area contributed by atoms with E-state index in [1.165, 1.54) is 11.6 Å². The van der Waals surface area contributed by atoms with Gasteiger partial charge >= 0.3 is 12.1 Å². The van der Waals surface area contributed by atoms with Gasteiger partial charge in [-0.05, 0) is 30.2 Å². The van der Waals surface area contributed by atoms with Crippen LogP contribution in [-0.4, -0.2) is 33.4 Å². The first-order valence-corrected chi connectivity index (χ1v) is 8.71. The summed E-state index contributed by atoms with van der Waals surface area (Å²) in [5.41, 5.74) is 1.96. The number of fused-ring (bicyclic) bond motifs is 1. The van der Waals surface area contributed by atoms with Crippen molar-refractivity contribution < 1.29 is 27.8 Å². The van der Waals surface area contributed by atoms with Crippen molar-refractivity contribution in [2.75, 3.05) is 6.61 Å². The average molecular weight is 413 g/mol. The SMILES string of the molecule is CCc1nc2c(cc1-c1ccc(Cl)cc1)c(OCC(F)(F)F)c(C(=O)O)n2C. The maximum atomic E-state index is 12.7. The third kappa shape index (κ3) is 3.77. The van der Waals surface area contributed by atoms with E-state index in [4.69, 9.17) is 16.3 Å². The molecule has 148 valence electrons. The largest absolute Gasteiger partial charge is 0.481 e. The quantitative estimate of drug-likeness (QED) is 0.633. The number of hydrogen-bond donors (Lipinski definition) is 1. The molecule has 0 radical (unpaired) electrons. The molecule has 1 N–H and O–H groups in total. The Kier molecular flexibility index (Phi) is 5.25. The van der Waals surface area contributed by atoms with E-state index in [9.17, 15) is 23.1 Å². The Bertz CT molecular complexity index is 1040. The number of carbonyl (C=O) groups is 1. The van der Waals surface area contributed by atoms with E-state index in [0.29, 0.717) is 22.7 Å². The van der Waals surface area contributed by atoms with Gasteiger partial charge in [-0.1, -0.05) is 30.7 Å². The Morgan fingerprint density at radius 2 is 1.93 bits per heavy atom. The van der Waals surface area contributed by atoms with Crippen molar-refractivity contribution in [3.63, 3.8) is 0 Å². The Labute approximate surface area is 163 Å². The van der Waals surface area contributed by atoms with Gasteiger partial charge in [0.15, 0.2) is 18.1 Å². The fraction of sp³-hybridized carbons (Fsp3) is 0.263. The first-order chi connectivity index (χ1) is 13.1. The van der Waals surface area contributed by atoms with E-state index < -0.39 is 18.8 Å². The van der Waals surface area contributed by atoms with Crippen LogP contribution in [0, 0.1) is 0 Å². The number of pyridine rings is 1. The molecule has 0 aliphatic carbocycles. The standard InChI is InChI=1S/C19H16ClF3N2O3/c1-3-14-12(10-4-6-11(20)7-5-10)8-13-16(28-9-19(21,22)23)15(18(26)27)25(2)17(13)24-14/h4-8H,3,9H2,1-2H3,(H,26,27). The number of rotatable bonds is 5. The molecule has 1 aromatic carbocycles. The molecule has 5 nitrogen and oxygen atoms in total. The highest BCUT2D eigenvalue weighted by atomic mass is 35.5. The van der Waals surface area contributed by atoms with Crippen LogP contribution in [0.15, 0.2) is 30.3 Å². The molecule has 0 fully saturated rings. The predicted octanol–water partition coefficient (Wildman–Crippen LogP) is 5.10. The minimum Gasteiger partial charge on any atom is -0.481 e. The van der Waals surface area contributed by atoms with Gasteiger partial charge in [0.1, 0.15) is 5.65 Å². The van der Waals surface area contributed by atoms with Crippen molar-refractivity contribution in [3.05, 3.63) is 46.7 Å². The van der Waals surface area contributed by atoms with E-state index in [-0.39, 0.29) is 22.5 Å². The summed E-state index contributed by atoms with van der Waals surface area (Å²) in [5.74, 6) is -1.75. The lowest BCUT2D eigenvalue weighted by molar-refractivity contribution is -0.153. The molecule has 0 atom stereocenters. The van der Waals surface area contributed by atoms with Crippen LogP contribution in [0.25, 0.3) is 22.2 Å². The number of carboxylic acid groups (broad SMARTS) is 1. The topological polar surface area (TPSA) is 64.3 Å². The van der Waals surface area contributed by atoms with Crippen LogP contribution in [0.1, 0.15) is 23.1 Å². The average Bonchev–Trinajstić information content (AvgIpc) is 2.90. The van der Waals surface area contributed by atoms with Crippen LogP contribution in [0.3, 0.4) is 0 Å². The zero-order valence-corrected chi connectivity index (χ0v) is 15.7. The van der Waals surface area contributed by atoms with Gasteiger partial charge in [-0.2, -0.15) is 13.2 Å². The van der Waals surface area contributed by atoms with Crippen molar-refractivity contribution in [2.45, 2.75) is 19.5 Å². The van der Waals surface area contributed by atoms with Gasteiger partial charge in [0, 0.05) is 17.6 Å². The van der Waals surface area contributed by atoms with Gasteiger partial charge in [0.2, 0.25) is 0 Å². The number of aromatic carboxylic acids is 1. The summed E-state index contributed by atoms with van der Waals surface area (Å²) >= 11 is 5.93. The number of aromatic nitrogens is 2. The highest BCUT2D eigenvalue weighted by Gasteiger charge is 2.32. The van der Waals surface area contributed by atoms with Crippen LogP contribution < -0.4 is 4.74 Å². The monoisotopic (exact) mass is 412 g/mol. The second kappa shape index (κ2) is 7.35. The number of benzene rings is 1. The Balaban J connectivity index is 2.27. The van der Waals surface area contributed by atoms with E-state index in [1.807, 2.05) is 6.92 Å². The molecule has 2 heterocycles. The van der Waals surface area contributed by atoms with Crippen molar-refractivity contribution in [1.82, 2.24) is 9.55 Å². The van der Waals surface area contributed by atoms with Crippen molar-refractivity contribution in [3.8, 4) is 16.9 Å². The van der Waals surface area contributed by atoms with Gasteiger partial charge < -0.3 is 14.4 Å². The summed E-state index contributed by atoms with van der Waals surface area (Å²) < 4.78 is 44.1. The van der Waals surface area contributed by atoms with Gasteiger partial charge in [-0.25, -0.2) is 9.78 Å². The molecule has 2 aromatic heterocycles. The van der Waals surface area contributed by atoms with Crippen LogP contribution in [-0.2, 0) is 13.5 Å². The molecule has 0 aliphatic rings. The predicted molar refractivity (Wildman–Crippen MR) is 99.0 cm³/mol. The minimum atomic E-state index is -4.60. The molecule has 0 saturated carbocycles. The molecule has 0 unspecified atom stereocenters. The van der Waals surface area contributed by atoms with Crippen molar-refractivity contribution in [2.24, 2.45) is 7.05 Å². The summed E-state index contributed by atoms with van der Waals surface area (Å²) in [6.07, 6.45) is -4.06. The normalized spacial score (nSPS) is 11.8. The van der Waals surface area contributed by atoms with Gasteiger partial charge in [0.05, 0.1) is 11.1 Å². The highest BCUT2D eigenvalue weighted by Crippen LogP contribution is 2.37. The van der Waals surface area contributed by atoms with Crippen molar-refractivity contribution >= 4 is 28.6 Å². The second-order valence-corrected chi connectivity index (χ2v) is 6.60. The number of ether oxygens (including phenoxy) is 1. The lowest BCUT2D eigenvalue weighted by Gasteiger charge is -2.11. The van der Waals surface area contributed by atoms with Crippen LogP contribution in [0.2, 0.25) is 5.02 Å². The Morgan fingerprint density at radius 3 is 2.46 bits per heavy atom. The minimum absolute atomic E-state index is 0.200. The fourth-order valence-electron chi connectivity index (χ4n) is 3.04. The smallest absolute Gasteiger partial charge is 0.422 e. The molecule has 0 spiro atoms. The number of nitrogens with zero attached hydrogens (tertiary/aromatic N) is 2. The second-order valence-electron chi connectivity index (χ2n) is 6.16. The molecule has 28 heavy (non-hydrogen) atoms. The van der Waals surface area contributed by atoms with E-state index >= 15 is 0 Å². The first kappa shape index (κ1) is 20.0. The lowest BCUT2D eigenvalue weighted by Crippen LogP contribution is -2.20. The van der Waals surface area contributed by atoms with Crippen molar-refractivity contribution in [1.29, 1.82) is 0 Å². The zero-order valence-electron chi connectivity index (χ0n) is 15.0. The summed E-state index contributed by atoms with van der Waals surface area (Å²) in [5, 5.41) is 10.2. The molecular weight excluding hydrogens is 397 g/mol. The molecule has 0 saturated heterocycles. The van der Waals surface area contributed by atoms with Gasteiger partial charge in [-0.3, -0.25) is 0 Å². The third-order valence-corrected chi connectivity index (χ3v) is 4.52. The van der Waals surface area contributed by atoms with Crippen LogP contribution in [0.4, 0.5) is 13.2 Å². The lowest BCUT2D eigenvalue weighted by atomic mass is 10.0. The maximum absolute atomic E-state index is 12.7. The third-order valence-electron chi connectivity index (χ3n) is 4.27.